The Morgan fingerprint density at radius 3 is 2.94 bits per heavy atom. The highest BCUT2D eigenvalue weighted by Gasteiger charge is 2.21. The summed E-state index contributed by atoms with van der Waals surface area (Å²) in [6.45, 7) is 2.61. The molecule has 1 atom stereocenters. The maximum Gasteiger partial charge on any atom is 0.329 e. The van der Waals surface area contributed by atoms with E-state index in [-0.39, 0.29) is 6.04 Å². The number of imidazole rings is 1. The Morgan fingerprint density at radius 1 is 1.41 bits per heavy atom. The second kappa shape index (κ2) is 3.20. The van der Waals surface area contributed by atoms with Crippen LogP contribution >= 0.6 is 0 Å². The van der Waals surface area contributed by atoms with Crippen molar-refractivity contribution < 1.29 is 0 Å². The first-order chi connectivity index (χ1) is 8.08. The fourth-order valence-electron chi connectivity index (χ4n) is 2.02. The summed E-state index contributed by atoms with van der Waals surface area (Å²) in [7, 11) is 1.58. The van der Waals surface area contributed by atoms with Gasteiger partial charge in [0.05, 0.1) is 0 Å². The van der Waals surface area contributed by atoms with Crippen LogP contribution in [0.25, 0.3) is 11.2 Å². The lowest BCUT2D eigenvalue weighted by molar-refractivity contribution is 0.483. The normalized spacial score (nSPS) is 19.1. The molecule has 3 N–H and O–H groups in total. The molecule has 0 amide bonds. The molecule has 0 radical (unpaired) electrons. The SMILES string of the molecule is CC1Cn2c(nc3c2c(=O)[nH]c(=O)n3C)NN1. The highest BCUT2D eigenvalue weighted by atomic mass is 16.2. The van der Waals surface area contributed by atoms with Gasteiger partial charge in [0.15, 0.2) is 11.2 Å². The molecule has 1 aliphatic heterocycles. The molecular formula is C9H12N6O2. The van der Waals surface area contributed by atoms with E-state index in [4.69, 9.17) is 0 Å². The summed E-state index contributed by atoms with van der Waals surface area (Å²) in [6, 6.07) is 0.177. The monoisotopic (exact) mass is 236 g/mol. The molecule has 1 unspecified atom stereocenters. The van der Waals surface area contributed by atoms with Crippen LogP contribution in [0.15, 0.2) is 9.59 Å². The van der Waals surface area contributed by atoms with Crippen LogP contribution in [0.4, 0.5) is 5.95 Å². The van der Waals surface area contributed by atoms with Crippen LogP contribution in [-0.2, 0) is 13.6 Å². The molecule has 0 spiro atoms. The molecule has 1 aliphatic rings. The molecule has 90 valence electrons. The number of hydrogen-bond donors (Lipinski definition) is 3. The average molecular weight is 236 g/mol. The van der Waals surface area contributed by atoms with Crippen LogP contribution in [-0.4, -0.2) is 25.1 Å². The van der Waals surface area contributed by atoms with E-state index >= 15 is 0 Å². The lowest BCUT2D eigenvalue weighted by Crippen LogP contribution is -2.41. The van der Waals surface area contributed by atoms with Gasteiger partial charge >= 0.3 is 5.69 Å². The minimum Gasteiger partial charge on any atom is -0.302 e. The van der Waals surface area contributed by atoms with Gasteiger partial charge in [0.25, 0.3) is 5.56 Å². The molecule has 8 heteroatoms. The van der Waals surface area contributed by atoms with Crippen molar-refractivity contribution in [1.82, 2.24) is 24.5 Å². The minimum absolute atomic E-state index is 0.177. The van der Waals surface area contributed by atoms with Gasteiger partial charge in [-0.3, -0.25) is 19.8 Å². The van der Waals surface area contributed by atoms with Crippen LogP contribution in [0.5, 0.6) is 0 Å². The van der Waals surface area contributed by atoms with E-state index in [0.29, 0.717) is 23.7 Å². The minimum atomic E-state index is -0.459. The van der Waals surface area contributed by atoms with Gasteiger partial charge in [-0.05, 0) is 6.92 Å². The largest absolute Gasteiger partial charge is 0.329 e. The third kappa shape index (κ3) is 1.30. The lowest BCUT2D eigenvalue weighted by Gasteiger charge is -2.22. The maximum absolute atomic E-state index is 11.8. The van der Waals surface area contributed by atoms with Gasteiger partial charge in [0.1, 0.15) is 0 Å². The van der Waals surface area contributed by atoms with Crippen molar-refractivity contribution in [1.29, 1.82) is 0 Å². The molecule has 8 nitrogen and oxygen atoms in total. The molecule has 0 aromatic carbocycles. The number of fused-ring (bicyclic) bond motifs is 3. The molecule has 2 aromatic rings. The Hall–Kier alpha value is -2.09. The second-order valence-corrected chi connectivity index (χ2v) is 4.21. The van der Waals surface area contributed by atoms with E-state index in [9.17, 15) is 9.59 Å². The smallest absolute Gasteiger partial charge is 0.302 e. The van der Waals surface area contributed by atoms with Crippen molar-refractivity contribution in [3.05, 3.63) is 20.8 Å². The van der Waals surface area contributed by atoms with Crippen LogP contribution in [0, 0.1) is 0 Å². The summed E-state index contributed by atoms with van der Waals surface area (Å²) < 4.78 is 3.10. The van der Waals surface area contributed by atoms with E-state index in [0.717, 1.165) is 0 Å². The molecule has 0 saturated carbocycles. The molecule has 0 bridgehead atoms. The van der Waals surface area contributed by atoms with Gasteiger partial charge < -0.3 is 4.57 Å². The van der Waals surface area contributed by atoms with E-state index in [2.05, 4.69) is 20.8 Å². The van der Waals surface area contributed by atoms with E-state index < -0.39 is 11.2 Å². The summed E-state index contributed by atoms with van der Waals surface area (Å²) in [4.78, 5) is 29.8. The van der Waals surface area contributed by atoms with E-state index in [1.165, 1.54) is 4.57 Å². The first-order valence-electron chi connectivity index (χ1n) is 5.29. The van der Waals surface area contributed by atoms with E-state index in [1.807, 2.05) is 6.92 Å². The zero-order valence-electron chi connectivity index (χ0n) is 9.44. The Bertz CT molecular complexity index is 709. The van der Waals surface area contributed by atoms with Crippen molar-refractivity contribution >= 4 is 17.1 Å². The molecule has 2 aromatic heterocycles. The fraction of sp³-hybridized carbons (Fsp3) is 0.444. The Labute approximate surface area is 95.2 Å². The number of rotatable bonds is 0. The average Bonchev–Trinajstić information content (AvgIpc) is 2.65. The van der Waals surface area contributed by atoms with E-state index in [1.54, 1.807) is 11.6 Å². The first-order valence-corrected chi connectivity index (χ1v) is 5.29. The number of anilines is 1. The summed E-state index contributed by atoms with van der Waals surface area (Å²) in [5.74, 6) is 0.546. The van der Waals surface area contributed by atoms with Crippen molar-refractivity contribution in [3.63, 3.8) is 0 Å². The zero-order chi connectivity index (χ0) is 12.2. The van der Waals surface area contributed by atoms with Crippen LogP contribution in [0.2, 0.25) is 0 Å². The maximum atomic E-state index is 11.8. The molecular weight excluding hydrogens is 224 g/mol. The quantitative estimate of drug-likeness (QED) is 0.530. The third-order valence-electron chi connectivity index (χ3n) is 2.89. The molecule has 3 heterocycles. The number of hydrogen-bond acceptors (Lipinski definition) is 5. The number of aromatic amines is 1. The van der Waals surface area contributed by atoms with Crippen molar-refractivity contribution in [2.75, 3.05) is 5.43 Å². The lowest BCUT2D eigenvalue weighted by atomic mass is 10.3. The highest BCUT2D eigenvalue weighted by molar-refractivity contribution is 5.74. The summed E-state index contributed by atoms with van der Waals surface area (Å²) in [5.41, 5.74) is 5.87. The number of nitrogens with one attached hydrogen (secondary N) is 3. The first kappa shape index (κ1) is 10.1. The summed E-state index contributed by atoms with van der Waals surface area (Å²) in [6.07, 6.45) is 0. The zero-order valence-corrected chi connectivity index (χ0v) is 9.44. The highest BCUT2D eigenvalue weighted by Crippen LogP contribution is 2.17. The Morgan fingerprint density at radius 2 is 2.18 bits per heavy atom. The molecule has 3 rings (SSSR count). The van der Waals surface area contributed by atoms with Gasteiger partial charge in [0.2, 0.25) is 5.95 Å². The van der Waals surface area contributed by atoms with Crippen LogP contribution in [0.1, 0.15) is 6.92 Å². The number of aromatic nitrogens is 4. The van der Waals surface area contributed by atoms with Crippen molar-refractivity contribution in [2.45, 2.75) is 19.5 Å². The van der Waals surface area contributed by atoms with Gasteiger partial charge in [-0.25, -0.2) is 10.2 Å². The number of aryl methyl sites for hydroxylation is 1. The second-order valence-electron chi connectivity index (χ2n) is 4.21. The third-order valence-corrected chi connectivity index (χ3v) is 2.89. The predicted molar refractivity (Wildman–Crippen MR) is 61.8 cm³/mol. The van der Waals surface area contributed by atoms with Gasteiger partial charge in [-0.15, -0.1) is 0 Å². The topological polar surface area (TPSA) is 96.7 Å². The summed E-state index contributed by atoms with van der Waals surface area (Å²) in [5, 5.41) is 0. The Kier molecular flexibility index (Phi) is 1.90. The number of hydrazine groups is 1. The molecule has 0 saturated heterocycles. The van der Waals surface area contributed by atoms with Crippen LogP contribution in [0.3, 0.4) is 0 Å². The molecule has 0 aliphatic carbocycles. The fourth-order valence-corrected chi connectivity index (χ4v) is 2.02. The van der Waals surface area contributed by atoms with Crippen molar-refractivity contribution in [3.8, 4) is 0 Å². The van der Waals surface area contributed by atoms with Crippen molar-refractivity contribution in [2.24, 2.45) is 7.05 Å². The molecule has 0 fully saturated rings. The van der Waals surface area contributed by atoms with Gasteiger partial charge in [-0.1, -0.05) is 0 Å². The molecule has 17 heavy (non-hydrogen) atoms. The predicted octanol–water partition coefficient (Wildman–Crippen LogP) is -1.26. The van der Waals surface area contributed by atoms with Crippen LogP contribution < -0.4 is 22.1 Å². The Balaban J connectivity index is 2.44. The number of nitrogens with zero attached hydrogens (tertiary/aromatic N) is 3. The number of H-pyrrole nitrogens is 1. The van der Waals surface area contributed by atoms with Gasteiger partial charge in [-0.2, -0.15) is 4.98 Å². The van der Waals surface area contributed by atoms with Gasteiger partial charge in [0, 0.05) is 19.6 Å². The summed E-state index contributed by atoms with van der Waals surface area (Å²) >= 11 is 0. The standard InChI is InChI=1S/C9H12N6O2/c1-4-3-15-5-6(10-8(15)13-12-4)14(2)9(17)11-7(5)16/h4,12H,3H2,1-2H3,(H,10,13)(H,11,16,17).